The molecule has 0 saturated carbocycles. The first-order chi connectivity index (χ1) is 9.25. The maximum atomic E-state index is 10.3. The Hall–Kier alpha value is -2.86. The van der Waals surface area contributed by atoms with Crippen molar-refractivity contribution < 1.29 is 4.92 Å². The first kappa shape index (κ1) is 12.6. The van der Waals surface area contributed by atoms with Gasteiger partial charge in [0.1, 0.15) is 0 Å². The second-order valence-electron chi connectivity index (χ2n) is 3.80. The predicted molar refractivity (Wildman–Crippen MR) is 74.9 cm³/mol. The molecule has 2 aromatic rings. The van der Waals surface area contributed by atoms with E-state index in [9.17, 15) is 10.1 Å². The van der Waals surface area contributed by atoms with E-state index in [0.717, 1.165) is 22.9 Å². The van der Waals surface area contributed by atoms with E-state index in [1.165, 1.54) is 6.08 Å². The average Bonchev–Trinajstić information content (AvgIpc) is 2.45. The molecule has 2 rings (SSSR count). The topological polar surface area (TPSA) is 43.1 Å². The van der Waals surface area contributed by atoms with Gasteiger partial charge in [-0.05, 0) is 23.8 Å². The molecule has 0 unspecified atom stereocenters. The number of benzene rings is 2. The Kier molecular flexibility index (Phi) is 4.09. The molecule has 0 radical (unpaired) electrons. The van der Waals surface area contributed by atoms with Gasteiger partial charge < -0.3 is 0 Å². The van der Waals surface area contributed by atoms with Crippen LogP contribution in [0.25, 0.3) is 6.08 Å². The van der Waals surface area contributed by atoms with Gasteiger partial charge in [0.25, 0.3) is 0 Å². The maximum Gasteiger partial charge on any atom is 0.235 e. The van der Waals surface area contributed by atoms with Crippen molar-refractivity contribution in [3.05, 3.63) is 87.6 Å². The van der Waals surface area contributed by atoms with Gasteiger partial charge in [-0.1, -0.05) is 48.2 Å². The van der Waals surface area contributed by atoms with Crippen molar-refractivity contribution in [2.75, 3.05) is 0 Å². The lowest BCUT2D eigenvalue weighted by Gasteiger charge is -1.96. The van der Waals surface area contributed by atoms with E-state index < -0.39 is 4.92 Å². The Bertz CT molecular complexity index is 664. The van der Waals surface area contributed by atoms with Gasteiger partial charge in [0, 0.05) is 17.2 Å². The van der Waals surface area contributed by atoms with Gasteiger partial charge in [-0.3, -0.25) is 10.1 Å². The minimum atomic E-state index is -0.485. The summed E-state index contributed by atoms with van der Waals surface area (Å²) in [5.74, 6) is 6.06. The third-order valence-electron chi connectivity index (χ3n) is 2.45. The number of hydrogen-bond acceptors (Lipinski definition) is 2. The van der Waals surface area contributed by atoms with Crippen LogP contribution >= 0.6 is 0 Å². The van der Waals surface area contributed by atoms with Crippen molar-refractivity contribution in [2.45, 2.75) is 0 Å². The van der Waals surface area contributed by atoms with Gasteiger partial charge in [0.15, 0.2) is 0 Å². The zero-order chi connectivity index (χ0) is 13.5. The van der Waals surface area contributed by atoms with Crippen LogP contribution in [0.2, 0.25) is 0 Å². The molecule has 0 bridgehead atoms. The summed E-state index contributed by atoms with van der Waals surface area (Å²) < 4.78 is 0. The van der Waals surface area contributed by atoms with Crippen molar-refractivity contribution in [1.82, 2.24) is 0 Å². The summed E-state index contributed by atoms with van der Waals surface area (Å²) in [6, 6.07) is 16.9. The van der Waals surface area contributed by atoms with Crippen LogP contribution in [0.4, 0.5) is 0 Å². The molecule has 0 atom stereocenters. The normalized spacial score (nSPS) is 9.89. The molecule has 0 aliphatic heterocycles. The summed E-state index contributed by atoms with van der Waals surface area (Å²) in [7, 11) is 0. The molecule has 0 saturated heterocycles. The summed E-state index contributed by atoms with van der Waals surface area (Å²) in [6.45, 7) is 0. The first-order valence-corrected chi connectivity index (χ1v) is 5.73. The summed E-state index contributed by atoms with van der Waals surface area (Å²) in [4.78, 5) is 9.86. The van der Waals surface area contributed by atoms with Crippen LogP contribution in [-0.2, 0) is 0 Å². The second-order valence-corrected chi connectivity index (χ2v) is 3.80. The van der Waals surface area contributed by atoms with E-state index in [4.69, 9.17) is 0 Å². The fraction of sp³-hybridized carbons (Fsp3) is 0. The lowest BCUT2D eigenvalue weighted by atomic mass is 10.1. The molecule has 0 aliphatic rings. The highest BCUT2D eigenvalue weighted by Crippen LogP contribution is 2.09. The lowest BCUT2D eigenvalue weighted by Crippen LogP contribution is -1.85. The van der Waals surface area contributed by atoms with Crippen molar-refractivity contribution >= 4 is 6.08 Å². The Labute approximate surface area is 111 Å². The van der Waals surface area contributed by atoms with Crippen LogP contribution in [0, 0.1) is 22.0 Å². The van der Waals surface area contributed by atoms with Crippen LogP contribution < -0.4 is 0 Å². The quantitative estimate of drug-likeness (QED) is 0.465. The third kappa shape index (κ3) is 3.83. The van der Waals surface area contributed by atoms with Gasteiger partial charge >= 0.3 is 0 Å². The van der Waals surface area contributed by atoms with Crippen LogP contribution in [0.3, 0.4) is 0 Å². The van der Waals surface area contributed by atoms with E-state index in [0.29, 0.717) is 0 Å². The molecule has 0 N–H and O–H groups in total. The molecule has 0 fully saturated rings. The molecule has 0 aliphatic carbocycles. The van der Waals surface area contributed by atoms with E-state index in [1.54, 1.807) is 6.07 Å². The Morgan fingerprint density at radius 3 is 2.37 bits per heavy atom. The van der Waals surface area contributed by atoms with Crippen molar-refractivity contribution in [3.8, 4) is 11.8 Å². The van der Waals surface area contributed by atoms with Crippen LogP contribution in [0.5, 0.6) is 0 Å². The molecule has 3 nitrogen and oxygen atoms in total. The van der Waals surface area contributed by atoms with E-state index in [2.05, 4.69) is 11.8 Å². The molecule has 2 aromatic carbocycles. The Morgan fingerprint density at radius 1 is 0.947 bits per heavy atom. The highest BCUT2D eigenvalue weighted by molar-refractivity contribution is 5.59. The standard InChI is InChI=1S/C16H11NO2/c18-17(19)13-12-16-9-5-4-8-15(16)11-10-14-6-2-1-3-7-14/h1-9,12-13H/b13-12+. The largest absolute Gasteiger partial charge is 0.259 e. The second kappa shape index (κ2) is 6.18. The van der Waals surface area contributed by atoms with E-state index in [1.807, 2.05) is 48.5 Å². The molecule has 19 heavy (non-hydrogen) atoms. The molecule has 0 spiro atoms. The zero-order valence-corrected chi connectivity index (χ0v) is 10.1. The maximum absolute atomic E-state index is 10.3. The molecule has 0 aromatic heterocycles. The summed E-state index contributed by atoms with van der Waals surface area (Å²) in [5, 5.41) is 10.3. The molecule has 92 valence electrons. The van der Waals surface area contributed by atoms with E-state index in [-0.39, 0.29) is 0 Å². The molecule has 3 heteroatoms. The lowest BCUT2D eigenvalue weighted by molar-refractivity contribution is -0.400. The minimum Gasteiger partial charge on any atom is -0.259 e. The van der Waals surface area contributed by atoms with Crippen LogP contribution in [0.1, 0.15) is 16.7 Å². The van der Waals surface area contributed by atoms with Crippen molar-refractivity contribution in [2.24, 2.45) is 0 Å². The zero-order valence-electron chi connectivity index (χ0n) is 10.1. The monoisotopic (exact) mass is 249 g/mol. The van der Waals surface area contributed by atoms with E-state index >= 15 is 0 Å². The fourth-order valence-electron chi connectivity index (χ4n) is 1.56. The Balaban J connectivity index is 2.31. The third-order valence-corrected chi connectivity index (χ3v) is 2.45. The highest BCUT2D eigenvalue weighted by atomic mass is 16.6. The molecule has 0 heterocycles. The summed E-state index contributed by atoms with van der Waals surface area (Å²) in [6.07, 6.45) is 2.37. The molecular formula is C16H11NO2. The minimum absolute atomic E-state index is 0.485. The van der Waals surface area contributed by atoms with Gasteiger partial charge in [0.05, 0.1) is 4.92 Å². The summed E-state index contributed by atoms with van der Waals surface area (Å²) >= 11 is 0. The number of rotatable bonds is 2. The van der Waals surface area contributed by atoms with Crippen molar-refractivity contribution in [1.29, 1.82) is 0 Å². The average molecular weight is 249 g/mol. The SMILES string of the molecule is O=[N+]([O-])/C=C/c1ccccc1C#Cc1ccccc1. The number of nitro groups is 1. The Morgan fingerprint density at radius 2 is 1.63 bits per heavy atom. The first-order valence-electron chi connectivity index (χ1n) is 5.73. The summed E-state index contributed by atoms with van der Waals surface area (Å²) in [5.41, 5.74) is 2.42. The molecule has 0 amide bonds. The predicted octanol–water partition coefficient (Wildman–Crippen LogP) is 3.33. The van der Waals surface area contributed by atoms with Crippen molar-refractivity contribution in [3.63, 3.8) is 0 Å². The molecular weight excluding hydrogens is 238 g/mol. The fourth-order valence-corrected chi connectivity index (χ4v) is 1.56. The smallest absolute Gasteiger partial charge is 0.235 e. The van der Waals surface area contributed by atoms with Crippen LogP contribution in [-0.4, -0.2) is 4.92 Å². The van der Waals surface area contributed by atoms with Crippen LogP contribution in [0.15, 0.2) is 60.8 Å². The van der Waals surface area contributed by atoms with Gasteiger partial charge in [0.2, 0.25) is 6.20 Å². The van der Waals surface area contributed by atoms with Gasteiger partial charge in [-0.15, -0.1) is 0 Å². The van der Waals surface area contributed by atoms with Gasteiger partial charge in [-0.2, -0.15) is 0 Å². The number of nitrogens with zero attached hydrogens (tertiary/aromatic N) is 1. The van der Waals surface area contributed by atoms with Gasteiger partial charge in [-0.25, -0.2) is 0 Å². The highest BCUT2D eigenvalue weighted by Gasteiger charge is 1.96. The number of hydrogen-bond donors (Lipinski definition) is 0.